The van der Waals surface area contributed by atoms with Crippen LogP contribution in [0.4, 0.5) is 15.9 Å². The predicted octanol–water partition coefficient (Wildman–Crippen LogP) is 3.07. The minimum atomic E-state index is -3.86. The summed E-state index contributed by atoms with van der Waals surface area (Å²) in [7, 11) is -3.86. The van der Waals surface area contributed by atoms with Crippen LogP contribution in [-0.4, -0.2) is 30.0 Å². The summed E-state index contributed by atoms with van der Waals surface area (Å²) >= 11 is 0.953. The zero-order chi connectivity index (χ0) is 21.0. The SMILES string of the molecule is Cc1ccc(S(=O)(=O)c2cnc(SCC(=O)Nc3ccccc3F)nc2N)cc1. The first-order valence-corrected chi connectivity index (χ1v) is 10.9. The van der Waals surface area contributed by atoms with Crippen molar-refractivity contribution >= 4 is 39.0 Å². The van der Waals surface area contributed by atoms with Gasteiger partial charge in [-0.25, -0.2) is 22.8 Å². The number of aromatic nitrogens is 2. The van der Waals surface area contributed by atoms with Crippen LogP contribution in [0.3, 0.4) is 0 Å². The first-order chi connectivity index (χ1) is 13.8. The predicted molar refractivity (Wildman–Crippen MR) is 109 cm³/mol. The van der Waals surface area contributed by atoms with Crippen molar-refractivity contribution in [3.8, 4) is 0 Å². The summed E-state index contributed by atoms with van der Waals surface area (Å²) in [5, 5.41) is 2.57. The molecule has 0 aliphatic carbocycles. The Morgan fingerprint density at radius 1 is 1.17 bits per heavy atom. The molecule has 3 aromatic rings. The summed E-state index contributed by atoms with van der Waals surface area (Å²) in [4.78, 5) is 19.8. The standard InChI is InChI=1S/C19H17FN4O3S2/c1-12-6-8-13(9-7-12)29(26,27)16-10-22-19(24-18(16)21)28-11-17(25)23-15-5-3-2-4-14(15)20/h2-10H,11H2,1H3,(H,23,25)(H2,21,22,24). The molecular weight excluding hydrogens is 415 g/mol. The van der Waals surface area contributed by atoms with E-state index in [-0.39, 0.29) is 32.2 Å². The number of carbonyl (C=O) groups is 1. The van der Waals surface area contributed by atoms with Crippen molar-refractivity contribution in [1.82, 2.24) is 9.97 Å². The third-order valence-electron chi connectivity index (χ3n) is 3.86. The smallest absolute Gasteiger partial charge is 0.234 e. The van der Waals surface area contributed by atoms with Crippen LogP contribution in [0.1, 0.15) is 5.56 Å². The average Bonchev–Trinajstić information content (AvgIpc) is 2.68. The van der Waals surface area contributed by atoms with Gasteiger partial charge in [-0.05, 0) is 31.2 Å². The lowest BCUT2D eigenvalue weighted by atomic mass is 10.2. The number of anilines is 2. The van der Waals surface area contributed by atoms with Gasteiger partial charge in [0.25, 0.3) is 0 Å². The number of aryl methyl sites for hydroxylation is 1. The lowest BCUT2D eigenvalue weighted by Crippen LogP contribution is -2.15. The van der Waals surface area contributed by atoms with E-state index < -0.39 is 21.6 Å². The van der Waals surface area contributed by atoms with Gasteiger partial charge in [-0.2, -0.15) is 0 Å². The second kappa shape index (κ2) is 8.58. The molecule has 1 amide bonds. The fraction of sp³-hybridized carbons (Fsp3) is 0.105. The van der Waals surface area contributed by atoms with Gasteiger partial charge in [0.05, 0.1) is 22.5 Å². The second-order valence-corrected chi connectivity index (χ2v) is 8.90. The van der Waals surface area contributed by atoms with Crippen LogP contribution < -0.4 is 11.1 Å². The van der Waals surface area contributed by atoms with Gasteiger partial charge in [-0.3, -0.25) is 4.79 Å². The third-order valence-corrected chi connectivity index (χ3v) is 6.51. The molecule has 0 unspecified atom stereocenters. The highest BCUT2D eigenvalue weighted by Gasteiger charge is 2.22. The molecule has 0 spiro atoms. The number of nitrogens with zero attached hydrogens (tertiary/aromatic N) is 2. The molecule has 0 aliphatic heterocycles. The van der Waals surface area contributed by atoms with Crippen molar-refractivity contribution in [1.29, 1.82) is 0 Å². The quantitative estimate of drug-likeness (QED) is 0.454. The number of hydrogen-bond donors (Lipinski definition) is 2. The van der Waals surface area contributed by atoms with E-state index in [1.165, 1.54) is 30.3 Å². The second-order valence-electron chi connectivity index (χ2n) is 6.04. The summed E-state index contributed by atoms with van der Waals surface area (Å²) in [6, 6.07) is 12.1. The number of nitrogens with two attached hydrogens (primary N) is 1. The van der Waals surface area contributed by atoms with Crippen molar-refractivity contribution in [3.63, 3.8) is 0 Å². The number of thioether (sulfide) groups is 1. The highest BCUT2D eigenvalue weighted by molar-refractivity contribution is 7.99. The molecular formula is C19H17FN4O3S2. The molecule has 7 nitrogen and oxygen atoms in total. The normalized spacial score (nSPS) is 11.2. The van der Waals surface area contributed by atoms with E-state index in [1.807, 2.05) is 6.92 Å². The molecule has 0 saturated heterocycles. The maximum Gasteiger partial charge on any atom is 0.234 e. The average molecular weight is 433 g/mol. The summed E-state index contributed by atoms with van der Waals surface area (Å²) < 4.78 is 39.0. The molecule has 0 saturated carbocycles. The van der Waals surface area contributed by atoms with Crippen LogP contribution >= 0.6 is 11.8 Å². The number of halogens is 1. The number of benzene rings is 2. The van der Waals surface area contributed by atoms with Crippen molar-refractivity contribution in [2.45, 2.75) is 21.9 Å². The van der Waals surface area contributed by atoms with Gasteiger partial charge in [0.2, 0.25) is 15.7 Å². The lowest BCUT2D eigenvalue weighted by Gasteiger charge is -2.09. The first kappa shape index (κ1) is 20.7. The molecule has 10 heteroatoms. The number of sulfone groups is 1. The molecule has 150 valence electrons. The van der Waals surface area contributed by atoms with Crippen LogP contribution in [0.5, 0.6) is 0 Å². The molecule has 0 radical (unpaired) electrons. The van der Waals surface area contributed by atoms with E-state index in [0.717, 1.165) is 23.5 Å². The number of amides is 1. The molecule has 29 heavy (non-hydrogen) atoms. The Kier molecular flexibility index (Phi) is 6.14. The Balaban J connectivity index is 1.70. The Morgan fingerprint density at radius 2 is 1.86 bits per heavy atom. The van der Waals surface area contributed by atoms with E-state index >= 15 is 0 Å². The Morgan fingerprint density at radius 3 is 2.52 bits per heavy atom. The van der Waals surface area contributed by atoms with E-state index in [4.69, 9.17) is 5.73 Å². The summed E-state index contributed by atoms with van der Waals surface area (Å²) in [5.41, 5.74) is 6.82. The van der Waals surface area contributed by atoms with E-state index in [0.29, 0.717) is 0 Å². The molecule has 0 atom stereocenters. The van der Waals surface area contributed by atoms with E-state index in [9.17, 15) is 17.6 Å². The van der Waals surface area contributed by atoms with Gasteiger partial charge in [0, 0.05) is 0 Å². The molecule has 0 aliphatic rings. The van der Waals surface area contributed by atoms with Crippen molar-refractivity contribution < 1.29 is 17.6 Å². The Bertz CT molecular complexity index is 1150. The third kappa shape index (κ3) is 4.90. The topological polar surface area (TPSA) is 115 Å². The van der Waals surface area contributed by atoms with Crippen LogP contribution in [0, 0.1) is 12.7 Å². The monoisotopic (exact) mass is 432 g/mol. The van der Waals surface area contributed by atoms with Crippen LogP contribution in [0.2, 0.25) is 0 Å². The van der Waals surface area contributed by atoms with Crippen LogP contribution in [-0.2, 0) is 14.6 Å². The molecule has 3 rings (SSSR count). The molecule has 2 aromatic carbocycles. The number of nitrogen functional groups attached to an aromatic ring is 1. The van der Waals surface area contributed by atoms with Gasteiger partial charge in [0.1, 0.15) is 16.5 Å². The number of nitrogens with one attached hydrogen (secondary N) is 1. The van der Waals surface area contributed by atoms with E-state index in [1.54, 1.807) is 18.2 Å². The minimum Gasteiger partial charge on any atom is -0.382 e. The summed E-state index contributed by atoms with van der Waals surface area (Å²) in [5.74, 6) is -1.31. The number of hydrogen-bond acceptors (Lipinski definition) is 7. The van der Waals surface area contributed by atoms with Gasteiger partial charge in [-0.15, -0.1) is 0 Å². The number of carbonyl (C=O) groups excluding carboxylic acids is 1. The summed E-state index contributed by atoms with van der Waals surface area (Å²) in [6.07, 6.45) is 1.12. The zero-order valence-electron chi connectivity index (χ0n) is 15.3. The largest absolute Gasteiger partial charge is 0.382 e. The van der Waals surface area contributed by atoms with Crippen molar-refractivity contribution in [2.24, 2.45) is 0 Å². The highest BCUT2D eigenvalue weighted by Crippen LogP contribution is 2.26. The number of para-hydroxylation sites is 1. The molecule has 1 heterocycles. The lowest BCUT2D eigenvalue weighted by molar-refractivity contribution is -0.113. The molecule has 3 N–H and O–H groups in total. The summed E-state index contributed by atoms with van der Waals surface area (Å²) in [6.45, 7) is 1.85. The van der Waals surface area contributed by atoms with Gasteiger partial charge < -0.3 is 11.1 Å². The minimum absolute atomic E-state index is 0.0677. The zero-order valence-corrected chi connectivity index (χ0v) is 16.9. The van der Waals surface area contributed by atoms with Crippen molar-refractivity contribution in [3.05, 3.63) is 66.1 Å². The van der Waals surface area contributed by atoms with Gasteiger partial charge in [-0.1, -0.05) is 41.6 Å². The van der Waals surface area contributed by atoms with Gasteiger partial charge >= 0.3 is 0 Å². The fourth-order valence-corrected chi connectivity index (χ4v) is 4.25. The highest BCUT2D eigenvalue weighted by atomic mass is 32.2. The number of rotatable bonds is 6. The van der Waals surface area contributed by atoms with Crippen LogP contribution in [0.15, 0.2) is 69.7 Å². The molecule has 0 fully saturated rings. The molecule has 1 aromatic heterocycles. The Labute approximate surface area is 171 Å². The molecule has 0 bridgehead atoms. The fourth-order valence-electron chi connectivity index (χ4n) is 2.37. The maximum absolute atomic E-state index is 13.6. The van der Waals surface area contributed by atoms with Crippen molar-refractivity contribution in [2.75, 3.05) is 16.8 Å². The van der Waals surface area contributed by atoms with E-state index in [2.05, 4.69) is 15.3 Å². The van der Waals surface area contributed by atoms with Gasteiger partial charge in [0.15, 0.2) is 5.16 Å². The van der Waals surface area contributed by atoms with Crippen LogP contribution in [0.25, 0.3) is 0 Å². The first-order valence-electron chi connectivity index (χ1n) is 8.39. The Hall–Kier alpha value is -2.98. The maximum atomic E-state index is 13.6.